The molecule has 94 valence electrons. The third kappa shape index (κ3) is 4.24. The molecule has 1 aromatic rings. The molecular weight excluding hydrogens is 302 g/mol. The van der Waals surface area contributed by atoms with Crippen LogP contribution in [0.25, 0.3) is 0 Å². The van der Waals surface area contributed by atoms with Gasteiger partial charge in [-0.2, -0.15) is 11.8 Å². The molecule has 3 nitrogen and oxygen atoms in total. The second kappa shape index (κ2) is 6.91. The third-order valence-corrected chi connectivity index (χ3v) is 3.36. The first kappa shape index (κ1) is 14.4. The number of thioether (sulfide) groups is 1. The van der Waals surface area contributed by atoms with E-state index in [0.29, 0.717) is 23.6 Å². The van der Waals surface area contributed by atoms with Crippen LogP contribution in [-0.2, 0) is 0 Å². The predicted octanol–water partition coefficient (Wildman–Crippen LogP) is 3.37. The molecular formula is C12H16BrNO2S. The largest absolute Gasteiger partial charge is 0.491 e. The van der Waals surface area contributed by atoms with Gasteiger partial charge in [-0.05, 0) is 37.5 Å². The number of ketones is 1. The van der Waals surface area contributed by atoms with Crippen LogP contribution in [0.3, 0.4) is 0 Å². The van der Waals surface area contributed by atoms with Crippen LogP contribution in [-0.4, -0.2) is 24.4 Å². The van der Waals surface area contributed by atoms with E-state index in [4.69, 9.17) is 10.5 Å². The van der Waals surface area contributed by atoms with Gasteiger partial charge in [0.15, 0.2) is 11.5 Å². The molecule has 0 fully saturated rings. The Balaban J connectivity index is 2.85. The maximum Gasteiger partial charge on any atom is 0.163 e. The number of carbonyl (C=O) groups is 1. The molecule has 17 heavy (non-hydrogen) atoms. The van der Waals surface area contributed by atoms with Gasteiger partial charge in [-0.3, -0.25) is 4.79 Å². The van der Waals surface area contributed by atoms with Crippen LogP contribution in [0.15, 0.2) is 16.6 Å². The van der Waals surface area contributed by atoms with E-state index in [1.54, 1.807) is 23.9 Å². The lowest BCUT2D eigenvalue weighted by Gasteiger charge is -2.12. The van der Waals surface area contributed by atoms with Crippen LogP contribution in [0.1, 0.15) is 23.7 Å². The summed E-state index contributed by atoms with van der Waals surface area (Å²) < 4.78 is 6.39. The predicted molar refractivity (Wildman–Crippen MR) is 77.1 cm³/mol. The molecule has 0 spiro atoms. The zero-order chi connectivity index (χ0) is 12.8. The summed E-state index contributed by atoms with van der Waals surface area (Å²) in [4.78, 5) is 11.5. The van der Waals surface area contributed by atoms with Crippen molar-refractivity contribution in [3.8, 4) is 5.75 Å². The van der Waals surface area contributed by atoms with Crippen molar-refractivity contribution in [3.05, 3.63) is 22.2 Å². The average molecular weight is 318 g/mol. The summed E-state index contributed by atoms with van der Waals surface area (Å²) in [6, 6.07) is 3.49. The molecule has 0 saturated heterocycles. The number of halogens is 1. The number of hydrogen-bond donors (Lipinski definition) is 1. The van der Waals surface area contributed by atoms with Crippen molar-refractivity contribution in [1.82, 2.24) is 0 Å². The fourth-order valence-electron chi connectivity index (χ4n) is 1.41. The van der Waals surface area contributed by atoms with Gasteiger partial charge >= 0.3 is 0 Å². The number of ether oxygens (including phenoxy) is 1. The highest BCUT2D eigenvalue weighted by atomic mass is 79.9. The average Bonchev–Trinajstić information content (AvgIpc) is 2.25. The van der Waals surface area contributed by atoms with Gasteiger partial charge in [-0.15, -0.1) is 0 Å². The smallest absolute Gasteiger partial charge is 0.163 e. The highest BCUT2D eigenvalue weighted by Gasteiger charge is 2.13. The zero-order valence-corrected chi connectivity index (χ0v) is 12.4. The van der Waals surface area contributed by atoms with E-state index < -0.39 is 0 Å². The van der Waals surface area contributed by atoms with E-state index in [9.17, 15) is 4.79 Å². The topological polar surface area (TPSA) is 52.3 Å². The first-order valence-electron chi connectivity index (χ1n) is 5.28. The molecule has 0 aliphatic rings. The van der Waals surface area contributed by atoms with Crippen molar-refractivity contribution in [3.63, 3.8) is 0 Å². The standard InChI is InChI=1S/C12H16BrNO2S/c1-8(15)10-6-9(13)7-11(14)12(10)16-4-3-5-17-2/h6-7H,3-5,14H2,1-2H3. The first-order chi connectivity index (χ1) is 8.06. The molecule has 0 heterocycles. The van der Waals surface area contributed by atoms with Crippen LogP contribution in [0.4, 0.5) is 5.69 Å². The van der Waals surface area contributed by atoms with Crippen molar-refractivity contribution >= 4 is 39.2 Å². The SMILES string of the molecule is CSCCCOc1c(N)cc(Br)cc1C(C)=O. The third-order valence-electron chi connectivity index (χ3n) is 2.20. The minimum Gasteiger partial charge on any atom is -0.491 e. The van der Waals surface area contributed by atoms with Crippen LogP contribution >= 0.6 is 27.7 Å². The number of anilines is 1. The Hall–Kier alpha value is -0.680. The van der Waals surface area contributed by atoms with Gasteiger partial charge in [-0.25, -0.2) is 0 Å². The van der Waals surface area contributed by atoms with Crippen molar-refractivity contribution in [2.45, 2.75) is 13.3 Å². The maximum absolute atomic E-state index is 11.5. The van der Waals surface area contributed by atoms with Gasteiger partial charge < -0.3 is 10.5 Å². The molecule has 0 bridgehead atoms. The van der Waals surface area contributed by atoms with Crippen molar-refractivity contribution in [1.29, 1.82) is 0 Å². The summed E-state index contributed by atoms with van der Waals surface area (Å²) in [5, 5.41) is 0. The number of nitrogen functional groups attached to an aromatic ring is 1. The van der Waals surface area contributed by atoms with Crippen LogP contribution in [0.2, 0.25) is 0 Å². The number of nitrogens with two attached hydrogens (primary N) is 1. The molecule has 0 aliphatic heterocycles. The van der Waals surface area contributed by atoms with Gasteiger partial charge in [0.05, 0.1) is 17.9 Å². The van der Waals surface area contributed by atoms with Gasteiger partial charge in [0.25, 0.3) is 0 Å². The Bertz CT molecular complexity index is 410. The van der Waals surface area contributed by atoms with E-state index in [-0.39, 0.29) is 5.78 Å². The molecule has 0 amide bonds. The number of benzene rings is 1. The van der Waals surface area contributed by atoms with Gasteiger partial charge in [0.1, 0.15) is 0 Å². The molecule has 2 N–H and O–H groups in total. The number of carbonyl (C=O) groups excluding carboxylic acids is 1. The minimum atomic E-state index is -0.0436. The zero-order valence-electron chi connectivity index (χ0n) is 9.96. The van der Waals surface area contributed by atoms with Gasteiger partial charge in [0, 0.05) is 4.47 Å². The second-order valence-corrected chi connectivity index (χ2v) is 5.52. The monoisotopic (exact) mass is 317 g/mol. The van der Waals surface area contributed by atoms with Crippen LogP contribution in [0.5, 0.6) is 5.75 Å². The normalized spacial score (nSPS) is 10.3. The van der Waals surface area contributed by atoms with E-state index in [1.807, 2.05) is 0 Å². The lowest BCUT2D eigenvalue weighted by atomic mass is 10.1. The molecule has 1 aromatic carbocycles. The quantitative estimate of drug-likeness (QED) is 0.496. The second-order valence-electron chi connectivity index (χ2n) is 3.62. The molecule has 0 saturated carbocycles. The van der Waals surface area contributed by atoms with Gasteiger partial charge in [-0.1, -0.05) is 15.9 Å². The fourth-order valence-corrected chi connectivity index (χ4v) is 2.30. The number of rotatable bonds is 6. The number of Topliss-reactive ketones (excluding diaryl/α,β-unsaturated/α-hetero) is 1. The Labute approximate surface area is 114 Å². The van der Waals surface area contributed by atoms with E-state index in [2.05, 4.69) is 22.2 Å². The Morgan fingerprint density at radius 3 is 2.82 bits per heavy atom. The molecule has 0 unspecified atom stereocenters. The summed E-state index contributed by atoms with van der Waals surface area (Å²) in [6.45, 7) is 2.09. The maximum atomic E-state index is 11.5. The van der Waals surface area contributed by atoms with Gasteiger partial charge in [0.2, 0.25) is 0 Å². The molecule has 0 aromatic heterocycles. The van der Waals surface area contributed by atoms with Crippen molar-refractivity contribution in [2.24, 2.45) is 0 Å². The van der Waals surface area contributed by atoms with E-state index in [0.717, 1.165) is 16.6 Å². The Kier molecular flexibility index (Phi) is 5.85. The molecule has 0 radical (unpaired) electrons. The summed E-state index contributed by atoms with van der Waals surface area (Å²) >= 11 is 5.09. The van der Waals surface area contributed by atoms with Crippen molar-refractivity contribution < 1.29 is 9.53 Å². The Morgan fingerprint density at radius 1 is 1.53 bits per heavy atom. The summed E-state index contributed by atoms with van der Waals surface area (Å²) in [7, 11) is 0. The molecule has 0 atom stereocenters. The minimum absolute atomic E-state index is 0.0436. The molecule has 1 rings (SSSR count). The summed E-state index contributed by atoms with van der Waals surface area (Å²) in [5.41, 5.74) is 6.89. The summed E-state index contributed by atoms with van der Waals surface area (Å²) in [5.74, 6) is 1.49. The molecule has 5 heteroatoms. The van der Waals surface area contributed by atoms with Crippen molar-refractivity contribution in [2.75, 3.05) is 24.3 Å². The highest BCUT2D eigenvalue weighted by Crippen LogP contribution is 2.31. The van der Waals surface area contributed by atoms with Crippen LogP contribution < -0.4 is 10.5 Å². The molecule has 0 aliphatic carbocycles. The van der Waals surface area contributed by atoms with E-state index >= 15 is 0 Å². The lowest BCUT2D eigenvalue weighted by molar-refractivity contribution is 0.101. The fraction of sp³-hybridized carbons (Fsp3) is 0.417. The first-order valence-corrected chi connectivity index (χ1v) is 7.46. The lowest BCUT2D eigenvalue weighted by Crippen LogP contribution is -2.06. The Morgan fingerprint density at radius 2 is 2.24 bits per heavy atom. The summed E-state index contributed by atoms with van der Waals surface area (Å²) in [6.07, 6.45) is 2.99. The van der Waals surface area contributed by atoms with Crippen LogP contribution in [0, 0.1) is 0 Å². The number of hydrogen-bond acceptors (Lipinski definition) is 4. The highest BCUT2D eigenvalue weighted by molar-refractivity contribution is 9.10. The van der Waals surface area contributed by atoms with E-state index in [1.165, 1.54) is 6.92 Å².